The van der Waals surface area contributed by atoms with Gasteiger partial charge in [0.15, 0.2) is 5.65 Å². The van der Waals surface area contributed by atoms with Crippen LogP contribution in [0.4, 0.5) is 15.0 Å². The van der Waals surface area contributed by atoms with Gasteiger partial charge in [-0.15, -0.1) is 0 Å². The van der Waals surface area contributed by atoms with Gasteiger partial charge in [0.1, 0.15) is 40.8 Å². The zero-order chi connectivity index (χ0) is 25.2. The number of amides is 1. The Hall–Kier alpha value is -4.21. The monoisotopic (exact) mass is 478 g/mol. The third-order valence-electron chi connectivity index (χ3n) is 4.94. The van der Waals surface area contributed by atoms with Gasteiger partial charge in [0, 0.05) is 17.7 Å². The van der Waals surface area contributed by atoms with E-state index in [2.05, 4.69) is 20.4 Å². The second-order valence-electron chi connectivity index (χ2n) is 9.09. The molecule has 2 heterocycles. The van der Waals surface area contributed by atoms with E-state index in [1.807, 2.05) is 18.2 Å². The zero-order valence-electron chi connectivity index (χ0n) is 19.9. The molecule has 0 aliphatic rings. The molecule has 4 rings (SSSR count). The van der Waals surface area contributed by atoms with Crippen molar-refractivity contribution in [1.82, 2.24) is 25.1 Å². The molecule has 0 aliphatic heterocycles. The average molecular weight is 479 g/mol. The van der Waals surface area contributed by atoms with Gasteiger partial charge in [0.25, 0.3) is 0 Å². The molecular weight excluding hydrogens is 451 g/mol. The molecule has 182 valence electrons. The summed E-state index contributed by atoms with van der Waals surface area (Å²) in [7, 11) is 0. The van der Waals surface area contributed by atoms with Crippen molar-refractivity contribution < 1.29 is 18.7 Å². The molecule has 2 aromatic carbocycles. The first-order valence-corrected chi connectivity index (χ1v) is 11.1. The molecule has 10 heteroatoms. The number of para-hydroxylation sites is 1. The van der Waals surface area contributed by atoms with Crippen molar-refractivity contribution in [3.8, 4) is 22.8 Å². The first-order chi connectivity index (χ1) is 16.6. The lowest BCUT2D eigenvalue weighted by molar-refractivity contribution is 0.0503. The molecule has 1 amide bonds. The van der Waals surface area contributed by atoms with Crippen LogP contribution in [-0.4, -0.2) is 37.5 Å². The number of benzene rings is 2. The van der Waals surface area contributed by atoms with Crippen LogP contribution in [0.5, 0.6) is 11.5 Å². The van der Waals surface area contributed by atoms with Crippen molar-refractivity contribution in [2.75, 3.05) is 5.73 Å². The third-order valence-corrected chi connectivity index (χ3v) is 4.94. The molecule has 4 aromatic rings. The van der Waals surface area contributed by atoms with Crippen LogP contribution in [-0.2, 0) is 11.3 Å². The highest BCUT2D eigenvalue weighted by atomic mass is 19.1. The van der Waals surface area contributed by atoms with E-state index in [0.29, 0.717) is 28.2 Å². The van der Waals surface area contributed by atoms with Gasteiger partial charge in [0.2, 0.25) is 0 Å². The molecule has 0 unspecified atom stereocenters. The van der Waals surface area contributed by atoms with Crippen LogP contribution in [0.15, 0.2) is 54.9 Å². The van der Waals surface area contributed by atoms with Crippen LogP contribution in [0.2, 0.25) is 0 Å². The van der Waals surface area contributed by atoms with Gasteiger partial charge in [0.05, 0.1) is 11.9 Å². The molecule has 0 aliphatic carbocycles. The molecule has 3 N–H and O–H groups in total. The van der Waals surface area contributed by atoms with Crippen LogP contribution in [0.1, 0.15) is 27.7 Å². The number of anilines is 1. The predicted octanol–water partition coefficient (Wildman–Crippen LogP) is 4.92. The maximum atomic E-state index is 15.2. The van der Waals surface area contributed by atoms with E-state index >= 15 is 4.39 Å². The smallest absolute Gasteiger partial charge is 0.407 e. The Morgan fingerprint density at radius 2 is 1.89 bits per heavy atom. The number of nitrogens with two attached hydrogens (primary N) is 1. The number of aromatic nitrogens is 4. The second-order valence-corrected chi connectivity index (χ2v) is 9.09. The van der Waals surface area contributed by atoms with Crippen molar-refractivity contribution in [2.45, 2.75) is 45.9 Å². The number of nitrogen functional groups attached to an aromatic ring is 1. The summed E-state index contributed by atoms with van der Waals surface area (Å²) in [5, 5.41) is 7.77. The highest BCUT2D eigenvalue weighted by Gasteiger charge is 2.22. The molecule has 0 saturated heterocycles. The molecule has 0 radical (unpaired) electrons. The number of alkyl carbamates (subject to hydrolysis) is 1. The number of halogens is 1. The molecule has 0 bridgehead atoms. The Morgan fingerprint density at radius 1 is 1.14 bits per heavy atom. The van der Waals surface area contributed by atoms with E-state index in [4.69, 9.17) is 15.2 Å². The van der Waals surface area contributed by atoms with Gasteiger partial charge in [-0.25, -0.2) is 23.8 Å². The Balaban J connectivity index is 1.63. The van der Waals surface area contributed by atoms with E-state index in [1.165, 1.54) is 12.4 Å². The number of nitrogens with zero attached hydrogens (tertiary/aromatic N) is 4. The minimum absolute atomic E-state index is 0.174. The summed E-state index contributed by atoms with van der Waals surface area (Å²) in [6, 6.07) is 13.3. The SMILES string of the molecule is C[C@@H](Cn1nc(-c2ccc(Oc3ccccc3)cc2F)c2c(N)ncnc21)NC(=O)OC(C)(C)C. The number of carbonyl (C=O) groups excluding carboxylic acids is 1. The van der Waals surface area contributed by atoms with E-state index in [-0.39, 0.29) is 24.0 Å². The lowest BCUT2D eigenvalue weighted by atomic mass is 10.1. The maximum absolute atomic E-state index is 15.2. The van der Waals surface area contributed by atoms with Crippen molar-refractivity contribution in [2.24, 2.45) is 0 Å². The van der Waals surface area contributed by atoms with Crippen LogP contribution >= 0.6 is 0 Å². The van der Waals surface area contributed by atoms with E-state index < -0.39 is 17.5 Å². The topological polar surface area (TPSA) is 117 Å². The predicted molar refractivity (Wildman–Crippen MR) is 130 cm³/mol. The molecule has 35 heavy (non-hydrogen) atoms. The number of ether oxygens (including phenoxy) is 2. The Bertz CT molecular complexity index is 1350. The Kier molecular flexibility index (Phi) is 6.54. The van der Waals surface area contributed by atoms with E-state index in [9.17, 15) is 4.79 Å². The number of rotatable bonds is 6. The fraction of sp³-hybridized carbons (Fsp3) is 0.280. The van der Waals surface area contributed by atoms with Gasteiger partial charge in [-0.1, -0.05) is 18.2 Å². The minimum Gasteiger partial charge on any atom is -0.457 e. The molecular formula is C25H27FN6O3. The Morgan fingerprint density at radius 3 is 2.57 bits per heavy atom. The van der Waals surface area contributed by atoms with Gasteiger partial charge < -0.3 is 20.5 Å². The van der Waals surface area contributed by atoms with Crippen LogP contribution < -0.4 is 15.8 Å². The summed E-state index contributed by atoms with van der Waals surface area (Å²) in [6.45, 7) is 7.42. The standard InChI is InChI=1S/C25H27FN6O3/c1-15(30-24(33)35-25(2,3)4)13-32-23-20(22(27)28-14-29-23)21(31-32)18-11-10-17(12-19(18)26)34-16-8-6-5-7-9-16/h5-12,14-15H,13H2,1-4H3,(H,30,33)(H2,27,28,29)/t15-/m0/s1. The normalized spacial score (nSPS) is 12.4. The lowest BCUT2D eigenvalue weighted by Crippen LogP contribution is -2.39. The fourth-order valence-electron chi connectivity index (χ4n) is 3.54. The zero-order valence-corrected chi connectivity index (χ0v) is 19.9. The van der Waals surface area contributed by atoms with Crippen LogP contribution in [0.3, 0.4) is 0 Å². The summed E-state index contributed by atoms with van der Waals surface area (Å²) in [5.41, 5.74) is 6.46. The largest absolute Gasteiger partial charge is 0.457 e. The van der Waals surface area contributed by atoms with Crippen molar-refractivity contribution in [3.05, 3.63) is 60.7 Å². The summed E-state index contributed by atoms with van der Waals surface area (Å²) in [4.78, 5) is 20.5. The summed E-state index contributed by atoms with van der Waals surface area (Å²) in [5.74, 6) is 0.584. The average Bonchev–Trinajstić information content (AvgIpc) is 3.12. The van der Waals surface area contributed by atoms with Crippen molar-refractivity contribution in [3.63, 3.8) is 0 Å². The number of hydrogen-bond donors (Lipinski definition) is 2. The first-order valence-electron chi connectivity index (χ1n) is 11.1. The van der Waals surface area contributed by atoms with Crippen molar-refractivity contribution >= 4 is 22.9 Å². The highest BCUT2D eigenvalue weighted by Crippen LogP contribution is 2.34. The molecule has 0 spiro atoms. The molecule has 1 atom stereocenters. The fourth-order valence-corrected chi connectivity index (χ4v) is 3.54. The van der Waals surface area contributed by atoms with Crippen LogP contribution in [0, 0.1) is 5.82 Å². The van der Waals surface area contributed by atoms with Crippen LogP contribution in [0.25, 0.3) is 22.3 Å². The summed E-state index contributed by atoms with van der Waals surface area (Å²) >= 11 is 0. The number of fused-ring (bicyclic) bond motifs is 1. The Labute approximate surface area is 202 Å². The molecule has 2 aromatic heterocycles. The van der Waals surface area contributed by atoms with Gasteiger partial charge >= 0.3 is 6.09 Å². The van der Waals surface area contributed by atoms with E-state index in [0.717, 1.165) is 0 Å². The number of carbonyl (C=O) groups is 1. The molecule has 0 fully saturated rings. The maximum Gasteiger partial charge on any atom is 0.407 e. The lowest BCUT2D eigenvalue weighted by Gasteiger charge is -2.22. The first kappa shape index (κ1) is 23.9. The van der Waals surface area contributed by atoms with Gasteiger partial charge in [-0.2, -0.15) is 5.10 Å². The summed E-state index contributed by atoms with van der Waals surface area (Å²) < 4.78 is 27.8. The number of hydrogen-bond acceptors (Lipinski definition) is 7. The second kappa shape index (κ2) is 9.57. The quantitative estimate of drug-likeness (QED) is 0.404. The van der Waals surface area contributed by atoms with E-state index in [1.54, 1.807) is 56.6 Å². The van der Waals surface area contributed by atoms with Gasteiger partial charge in [-0.05, 0) is 52.0 Å². The number of nitrogens with one attached hydrogen (secondary N) is 1. The minimum atomic E-state index is -0.620. The highest BCUT2D eigenvalue weighted by molar-refractivity contribution is 5.98. The third kappa shape index (κ3) is 5.65. The van der Waals surface area contributed by atoms with Gasteiger partial charge in [-0.3, -0.25) is 0 Å². The molecule has 0 saturated carbocycles. The van der Waals surface area contributed by atoms with Crippen molar-refractivity contribution in [1.29, 1.82) is 0 Å². The summed E-state index contributed by atoms with van der Waals surface area (Å²) in [6.07, 6.45) is 0.773. The molecule has 9 nitrogen and oxygen atoms in total.